The van der Waals surface area contributed by atoms with Crippen LogP contribution in [-0.4, -0.2) is 88.2 Å². The minimum absolute atomic E-state index is 0.0124. The van der Waals surface area contributed by atoms with E-state index in [-0.39, 0.29) is 42.0 Å². The molecule has 15 heteroatoms. The summed E-state index contributed by atoms with van der Waals surface area (Å²) in [7, 11) is -1.99. The van der Waals surface area contributed by atoms with Crippen molar-refractivity contribution in [1.29, 1.82) is 0 Å². The molecule has 1 aromatic carbocycles. The lowest BCUT2D eigenvalue weighted by atomic mass is 10.1. The van der Waals surface area contributed by atoms with Crippen LogP contribution in [-0.2, 0) is 21.3 Å². The molecule has 0 atom stereocenters. The molecule has 3 aromatic rings. The lowest BCUT2D eigenvalue weighted by molar-refractivity contribution is -0.757. The maximum atomic E-state index is 13.5. The smallest absolute Gasteiger partial charge is 0.294 e. The number of hydrogen-bond acceptors (Lipinski definition) is 10. The highest BCUT2D eigenvalue weighted by Gasteiger charge is 2.39. The van der Waals surface area contributed by atoms with E-state index in [4.69, 9.17) is 4.74 Å². The van der Waals surface area contributed by atoms with E-state index < -0.39 is 15.1 Å². The van der Waals surface area contributed by atoms with E-state index in [0.29, 0.717) is 54.3 Å². The van der Waals surface area contributed by atoms with Gasteiger partial charge in [-0.25, -0.2) is 17.9 Å². The molecule has 4 rings (SSSR count). The summed E-state index contributed by atoms with van der Waals surface area (Å²) in [5.41, 5.74) is 0.901. The van der Waals surface area contributed by atoms with E-state index in [2.05, 4.69) is 19.9 Å². The summed E-state index contributed by atoms with van der Waals surface area (Å²) >= 11 is 0. The molecule has 1 saturated heterocycles. The molecule has 0 aliphatic carbocycles. The monoisotopic (exact) mass is 563 g/mol. The zero-order chi connectivity index (χ0) is 28.3. The number of hydrogen-bond donors (Lipinski definition) is 1. The van der Waals surface area contributed by atoms with Gasteiger partial charge in [-0.05, 0) is 51.9 Å². The average Bonchev–Trinajstić information content (AvgIpc) is 3.16. The van der Waals surface area contributed by atoms with Gasteiger partial charge >= 0.3 is 0 Å². The first-order valence-electron chi connectivity index (χ1n) is 12.8. The molecule has 14 nitrogen and oxygen atoms in total. The van der Waals surface area contributed by atoms with Crippen molar-refractivity contribution in [2.24, 2.45) is 0 Å². The third-order valence-corrected chi connectivity index (χ3v) is 8.49. The van der Waals surface area contributed by atoms with E-state index in [1.165, 1.54) is 21.0 Å². The van der Waals surface area contributed by atoms with Crippen molar-refractivity contribution in [2.75, 3.05) is 39.9 Å². The Morgan fingerprint density at radius 2 is 2.03 bits per heavy atom. The molecule has 0 spiro atoms. The quantitative estimate of drug-likeness (QED) is 0.184. The number of likely N-dealkylation sites (N-methyl/N-ethyl adjacent to an activating group) is 1. The normalized spacial score (nSPS) is 14.6. The molecule has 0 unspecified atom stereocenters. The zero-order valence-corrected chi connectivity index (χ0v) is 23.2. The van der Waals surface area contributed by atoms with Crippen molar-refractivity contribution in [2.45, 2.75) is 51.0 Å². The van der Waals surface area contributed by atoms with Crippen LogP contribution in [0.5, 0.6) is 5.75 Å². The Hall–Kier alpha value is -3.56. The number of fused-ring (bicyclic) bond motifs is 1. The van der Waals surface area contributed by atoms with Crippen LogP contribution in [0.15, 0.2) is 27.9 Å². The number of aryl methyl sites for hydroxylation is 2. The van der Waals surface area contributed by atoms with Crippen molar-refractivity contribution < 1.29 is 23.1 Å². The van der Waals surface area contributed by atoms with Gasteiger partial charge in [-0.1, -0.05) is 6.92 Å². The predicted octanol–water partition coefficient (Wildman–Crippen LogP) is 1.65. The van der Waals surface area contributed by atoms with E-state index in [0.717, 1.165) is 6.42 Å². The van der Waals surface area contributed by atoms with Crippen LogP contribution in [0.1, 0.15) is 38.2 Å². The van der Waals surface area contributed by atoms with Crippen molar-refractivity contribution in [3.8, 4) is 17.1 Å². The van der Waals surface area contributed by atoms with Crippen molar-refractivity contribution >= 4 is 15.5 Å². The number of ether oxygens (including phenoxy) is 1. The molecule has 0 radical (unpaired) electrons. The second-order valence-electron chi connectivity index (χ2n) is 9.38. The first kappa shape index (κ1) is 28.4. The van der Waals surface area contributed by atoms with Gasteiger partial charge in [0.2, 0.25) is 10.0 Å². The van der Waals surface area contributed by atoms with Gasteiger partial charge in [0.25, 0.3) is 10.6 Å². The zero-order valence-electron chi connectivity index (χ0n) is 22.4. The molecule has 1 N–H and O–H groups in total. The molecular weight excluding hydrogens is 530 g/mol. The highest BCUT2D eigenvalue weighted by molar-refractivity contribution is 7.89. The number of imidazole rings is 1. The Morgan fingerprint density at radius 1 is 1.28 bits per heavy atom. The molecule has 0 amide bonds. The minimum Gasteiger partial charge on any atom is -0.493 e. The highest BCUT2D eigenvalue weighted by Crippen LogP contribution is 2.33. The summed E-state index contributed by atoms with van der Waals surface area (Å²) in [6, 6.07) is 4.51. The number of benzene rings is 1. The minimum atomic E-state index is -3.83. The van der Waals surface area contributed by atoms with Gasteiger partial charge < -0.3 is 19.5 Å². The van der Waals surface area contributed by atoms with Crippen molar-refractivity contribution in [1.82, 2.24) is 28.8 Å². The number of rotatable bonds is 13. The molecule has 0 saturated carbocycles. The average molecular weight is 564 g/mol. The molecular formula is C24H33N7O7S. The van der Waals surface area contributed by atoms with Crippen LogP contribution in [0.4, 0.5) is 0 Å². The standard InChI is InChI=1S/C24H33N7O7S/c1-5-8-21-25-16(3)22-24(32)26-23(27-30(21)22)19-13-18(9-10-20(19)37-6-2)39(35,36)29-14-17(15-29)28(4)11-7-12-38-31(33)34/h9-10,13,17H,5-8,11-12,14-15H2,1-4H3,(H,26,27,32). The van der Waals surface area contributed by atoms with Gasteiger partial charge in [-0.3, -0.25) is 4.79 Å². The molecule has 2 aromatic heterocycles. The van der Waals surface area contributed by atoms with Gasteiger partial charge in [0.1, 0.15) is 11.6 Å². The fourth-order valence-corrected chi connectivity index (χ4v) is 6.10. The summed E-state index contributed by atoms with van der Waals surface area (Å²) in [6.45, 7) is 7.00. The lowest BCUT2D eigenvalue weighted by Gasteiger charge is -2.43. The van der Waals surface area contributed by atoms with Crippen LogP contribution in [0.3, 0.4) is 0 Å². The molecule has 212 valence electrons. The first-order chi connectivity index (χ1) is 18.6. The van der Waals surface area contributed by atoms with Crippen molar-refractivity contribution in [3.63, 3.8) is 0 Å². The first-order valence-corrected chi connectivity index (χ1v) is 14.2. The predicted molar refractivity (Wildman–Crippen MR) is 142 cm³/mol. The third-order valence-electron chi connectivity index (χ3n) is 6.66. The fraction of sp³-hybridized carbons (Fsp3) is 0.542. The topological polar surface area (TPSA) is 165 Å². The number of H-pyrrole nitrogens is 1. The summed E-state index contributed by atoms with van der Waals surface area (Å²) in [5, 5.41) is 14.1. The Morgan fingerprint density at radius 3 is 2.69 bits per heavy atom. The van der Waals surface area contributed by atoms with E-state index in [1.54, 1.807) is 13.0 Å². The summed E-state index contributed by atoms with van der Waals surface area (Å²) < 4.78 is 35.6. The summed E-state index contributed by atoms with van der Waals surface area (Å²) in [5.74, 6) is 1.23. The molecule has 3 heterocycles. The maximum absolute atomic E-state index is 13.5. The highest BCUT2D eigenvalue weighted by atomic mass is 32.2. The Kier molecular flexibility index (Phi) is 8.51. The van der Waals surface area contributed by atoms with E-state index in [1.807, 2.05) is 25.8 Å². The number of aromatic amines is 1. The molecule has 0 bridgehead atoms. The maximum Gasteiger partial charge on any atom is 0.294 e. The molecule has 1 fully saturated rings. The van der Waals surface area contributed by atoms with Crippen LogP contribution >= 0.6 is 0 Å². The third kappa shape index (κ3) is 5.89. The Balaban J connectivity index is 1.60. The van der Waals surface area contributed by atoms with Gasteiger partial charge in [-0.2, -0.15) is 4.31 Å². The molecule has 1 aliphatic rings. The number of nitrogens with zero attached hydrogens (tertiary/aromatic N) is 6. The second kappa shape index (κ2) is 11.7. The fourth-order valence-electron chi connectivity index (χ4n) is 4.56. The van der Waals surface area contributed by atoms with Crippen LogP contribution in [0.2, 0.25) is 0 Å². The van der Waals surface area contributed by atoms with E-state index in [9.17, 15) is 23.3 Å². The largest absolute Gasteiger partial charge is 0.493 e. The molecule has 39 heavy (non-hydrogen) atoms. The van der Waals surface area contributed by atoms with Crippen LogP contribution in [0, 0.1) is 17.0 Å². The Labute approximate surface area is 225 Å². The SMILES string of the molecule is CCCc1nc(C)c2c(=O)[nH]c(-c3cc(S(=O)(=O)N4CC(N(C)CCCO[N+](=O)[O-])C4)ccc3OCC)nn12. The second-order valence-corrected chi connectivity index (χ2v) is 11.3. The van der Waals surface area contributed by atoms with Gasteiger partial charge in [0.05, 0.1) is 29.4 Å². The van der Waals surface area contributed by atoms with E-state index >= 15 is 0 Å². The summed E-state index contributed by atoms with van der Waals surface area (Å²) in [6.07, 6.45) is 1.90. The number of sulfonamides is 1. The number of nitrogens with one attached hydrogen (secondary N) is 1. The van der Waals surface area contributed by atoms with Gasteiger partial charge in [0, 0.05) is 32.1 Å². The van der Waals surface area contributed by atoms with Gasteiger partial charge in [-0.15, -0.1) is 15.2 Å². The number of aromatic nitrogens is 4. The van der Waals surface area contributed by atoms with Crippen LogP contribution < -0.4 is 10.3 Å². The van der Waals surface area contributed by atoms with Crippen molar-refractivity contribution in [3.05, 3.63) is 50.2 Å². The van der Waals surface area contributed by atoms with Gasteiger partial charge in [0.15, 0.2) is 11.3 Å². The lowest BCUT2D eigenvalue weighted by Crippen LogP contribution is -2.60. The van der Waals surface area contributed by atoms with Crippen LogP contribution in [0.25, 0.3) is 16.9 Å². The summed E-state index contributed by atoms with van der Waals surface area (Å²) in [4.78, 5) is 36.9. The molecule has 1 aliphatic heterocycles. The Bertz CT molecular complexity index is 1510.